The van der Waals surface area contributed by atoms with Crippen molar-refractivity contribution >= 4 is 17.0 Å². The maximum absolute atomic E-state index is 12.2. The first-order valence-electron chi connectivity index (χ1n) is 7.35. The summed E-state index contributed by atoms with van der Waals surface area (Å²) in [7, 11) is 0. The van der Waals surface area contributed by atoms with Crippen LogP contribution in [0.4, 0.5) is 0 Å². The zero-order valence-corrected chi connectivity index (χ0v) is 13.3. The summed E-state index contributed by atoms with van der Waals surface area (Å²) in [6.07, 6.45) is 0. The molecule has 0 radical (unpaired) electrons. The Balaban J connectivity index is 2.02. The third-order valence-electron chi connectivity index (χ3n) is 3.28. The molecule has 1 aromatic heterocycles. The molecule has 0 unspecified atom stereocenters. The van der Waals surface area contributed by atoms with Gasteiger partial charge in [0.15, 0.2) is 0 Å². The second kappa shape index (κ2) is 5.43. The van der Waals surface area contributed by atoms with Crippen LogP contribution in [-0.4, -0.2) is 26.6 Å². The highest BCUT2D eigenvalue weighted by Crippen LogP contribution is 2.30. The number of imidazole rings is 1. The van der Waals surface area contributed by atoms with Gasteiger partial charge in [-0.25, -0.2) is 9.78 Å². The number of ether oxygens (including phenoxy) is 1. The molecule has 2 aromatic carbocycles. The van der Waals surface area contributed by atoms with Crippen molar-refractivity contribution in [1.82, 2.24) is 9.97 Å². The van der Waals surface area contributed by atoms with Crippen LogP contribution >= 0.6 is 0 Å². The Kier molecular flexibility index (Phi) is 3.56. The number of hydrogen-bond donors (Lipinski definition) is 2. The molecule has 5 nitrogen and oxygen atoms in total. The molecule has 0 bridgehead atoms. The van der Waals surface area contributed by atoms with E-state index in [0.29, 0.717) is 17.0 Å². The third kappa shape index (κ3) is 3.18. The average Bonchev–Trinajstić information content (AvgIpc) is 2.89. The molecular formula is C18H18N2O3. The monoisotopic (exact) mass is 310 g/mol. The minimum atomic E-state index is -0.575. The van der Waals surface area contributed by atoms with E-state index in [1.54, 1.807) is 6.07 Å². The molecule has 1 heterocycles. The van der Waals surface area contributed by atoms with Crippen LogP contribution in [0, 0.1) is 0 Å². The lowest BCUT2D eigenvalue weighted by Crippen LogP contribution is -2.23. The smallest absolute Gasteiger partial charge is 0.338 e. The zero-order chi connectivity index (χ0) is 16.6. The molecule has 0 aliphatic heterocycles. The van der Waals surface area contributed by atoms with Gasteiger partial charge in [0.25, 0.3) is 0 Å². The number of aromatic amines is 1. The number of para-hydroxylation sites is 2. The fourth-order valence-electron chi connectivity index (χ4n) is 2.27. The van der Waals surface area contributed by atoms with Gasteiger partial charge in [0.2, 0.25) is 0 Å². The summed E-state index contributed by atoms with van der Waals surface area (Å²) < 4.78 is 5.36. The van der Waals surface area contributed by atoms with E-state index in [4.69, 9.17) is 4.74 Å². The van der Waals surface area contributed by atoms with Crippen molar-refractivity contribution in [2.75, 3.05) is 0 Å². The normalized spacial score (nSPS) is 11.6. The van der Waals surface area contributed by atoms with Crippen LogP contribution in [0.15, 0.2) is 42.5 Å². The van der Waals surface area contributed by atoms with Gasteiger partial charge in [-0.05, 0) is 51.1 Å². The van der Waals surface area contributed by atoms with E-state index in [1.165, 1.54) is 12.1 Å². The molecule has 3 aromatic rings. The second-order valence-corrected chi connectivity index (χ2v) is 6.34. The van der Waals surface area contributed by atoms with Crippen LogP contribution in [0.2, 0.25) is 0 Å². The highest BCUT2D eigenvalue weighted by molar-refractivity contribution is 5.92. The summed E-state index contributed by atoms with van der Waals surface area (Å²) >= 11 is 0. The van der Waals surface area contributed by atoms with Crippen LogP contribution in [0.1, 0.15) is 31.1 Å². The van der Waals surface area contributed by atoms with Gasteiger partial charge in [0, 0.05) is 0 Å². The van der Waals surface area contributed by atoms with Crippen molar-refractivity contribution < 1.29 is 14.6 Å². The summed E-state index contributed by atoms with van der Waals surface area (Å²) in [5.74, 6) is 0.125. The first-order chi connectivity index (χ1) is 10.8. The van der Waals surface area contributed by atoms with E-state index in [0.717, 1.165) is 11.0 Å². The number of phenols is 1. The van der Waals surface area contributed by atoms with E-state index < -0.39 is 11.6 Å². The molecule has 118 valence electrons. The molecule has 0 spiro atoms. The third-order valence-corrected chi connectivity index (χ3v) is 3.28. The number of aromatic nitrogens is 2. The van der Waals surface area contributed by atoms with E-state index in [1.807, 2.05) is 45.0 Å². The number of nitrogens with zero attached hydrogens (tertiary/aromatic N) is 1. The number of carbonyl (C=O) groups excluding carboxylic acids is 1. The topological polar surface area (TPSA) is 75.2 Å². The Hall–Kier alpha value is -2.82. The Bertz CT molecular complexity index is 842. The Morgan fingerprint density at radius 1 is 1.17 bits per heavy atom. The Morgan fingerprint density at radius 2 is 1.91 bits per heavy atom. The summed E-state index contributed by atoms with van der Waals surface area (Å²) in [5, 5.41) is 10.1. The highest BCUT2D eigenvalue weighted by Gasteiger charge is 2.20. The van der Waals surface area contributed by atoms with Gasteiger partial charge in [-0.3, -0.25) is 0 Å². The maximum atomic E-state index is 12.2. The van der Waals surface area contributed by atoms with Crippen molar-refractivity contribution in [1.29, 1.82) is 0 Å². The fourth-order valence-corrected chi connectivity index (χ4v) is 2.27. The number of hydrogen-bond acceptors (Lipinski definition) is 4. The summed E-state index contributed by atoms with van der Waals surface area (Å²) in [6.45, 7) is 5.43. The molecule has 0 atom stereocenters. The van der Waals surface area contributed by atoms with Gasteiger partial charge in [-0.15, -0.1) is 0 Å². The van der Waals surface area contributed by atoms with Crippen LogP contribution in [0.3, 0.4) is 0 Å². The molecule has 5 heteroatoms. The largest absolute Gasteiger partial charge is 0.507 e. The predicted octanol–water partition coefficient (Wildman–Crippen LogP) is 3.89. The number of benzene rings is 2. The second-order valence-electron chi connectivity index (χ2n) is 6.34. The van der Waals surface area contributed by atoms with Crippen LogP contribution < -0.4 is 0 Å². The first-order valence-corrected chi connectivity index (χ1v) is 7.35. The molecule has 0 amide bonds. The number of aromatic hydroxyl groups is 1. The average molecular weight is 310 g/mol. The zero-order valence-electron chi connectivity index (χ0n) is 13.3. The quantitative estimate of drug-likeness (QED) is 0.704. The van der Waals surface area contributed by atoms with Crippen molar-refractivity contribution in [2.45, 2.75) is 26.4 Å². The first kappa shape index (κ1) is 15.1. The molecule has 2 N–H and O–H groups in total. The molecule has 0 fully saturated rings. The molecule has 3 rings (SSSR count). The predicted molar refractivity (Wildman–Crippen MR) is 88.4 cm³/mol. The summed E-state index contributed by atoms with van der Waals surface area (Å²) in [6, 6.07) is 12.2. The number of fused-ring (bicyclic) bond motifs is 1. The van der Waals surface area contributed by atoms with Crippen LogP contribution in [0.5, 0.6) is 5.75 Å². The SMILES string of the molecule is CC(C)(C)OC(=O)c1ccc(O)c(-c2nc3ccccc3[nH]2)c1. The van der Waals surface area contributed by atoms with Crippen molar-refractivity contribution in [3.05, 3.63) is 48.0 Å². The van der Waals surface area contributed by atoms with E-state index in [-0.39, 0.29) is 5.75 Å². The number of carbonyl (C=O) groups is 1. The minimum Gasteiger partial charge on any atom is -0.507 e. The van der Waals surface area contributed by atoms with Gasteiger partial charge >= 0.3 is 5.97 Å². The molecule has 0 saturated heterocycles. The van der Waals surface area contributed by atoms with Crippen molar-refractivity contribution in [2.24, 2.45) is 0 Å². The van der Waals surface area contributed by atoms with Gasteiger partial charge in [-0.2, -0.15) is 0 Å². The number of esters is 1. The Labute approximate surface area is 133 Å². The number of H-pyrrole nitrogens is 1. The molecule has 0 aliphatic carbocycles. The fraction of sp³-hybridized carbons (Fsp3) is 0.222. The molecule has 0 aliphatic rings. The highest BCUT2D eigenvalue weighted by atomic mass is 16.6. The van der Waals surface area contributed by atoms with E-state index in [9.17, 15) is 9.90 Å². The lowest BCUT2D eigenvalue weighted by Gasteiger charge is -2.19. The van der Waals surface area contributed by atoms with Gasteiger partial charge in [-0.1, -0.05) is 12.1 Å². The van der Waals surface area contributed by atoms with Crippen LogP contribution in [-0.2, 0) is 4.74 Å². The minimum absolute atomic E-state index is 0.0522. The van der Waals surface area contributed by atoms with Gasteiger partial charge in [0.05, 0.1) is 22.2 Å². The number of phenolic OH excluding ortho intramolecular Hbond substituents is 1. The van der Waals surface area contributed by atoms with Crippen LogP contribution in [0.25, 0.3) is 22.4 Å². The van der Waals surface area contributed by atoms with Crippen molar-refractivity contribution in [3.8, 4) is 17.1 Å². The molecular weight excluding hydrogens is 292 g/mol. The molecule has 0 saturated carbocycles. The maximum Gasteiger partial charge on any atom is 0.338 e. The lowest BCUT2D eigenvalue weighted by molar-refractivity contribution is 0.00696. The summed E-state index contributed by atoms with van der Waals surface area (Å²) in [5.41, 5.74) is 1.92. The lowest BCUT2D eigenvalue weighted by atomic mass is 10.1. The standard InChI is InChI=1S/C18H18N2O3/c1-18(2,3)23-17(22)11-8-9-15(21)12(10-11)16-19-13-6-4-5-7-14(13)20-16/h4-10,21H,1-3H3,(H,19,20). The number of nitrogens with one attached hydrogen (secondary N) is 1. The van der Waals surface area contributed by atoms with E-state index in [2.05, 4.69) is 9.97 Å². The van der Waals surface area contributed by atoms with Crippen molar-refractivity contribution in [3.63, 3.8) is 0 Å². The Morgan fingerprint density at radius 3 is 2.61 bits per heavy atom. The van der Waals surface area contributed by atoms with E-state index >= 15 is 0 Å². The molecule has 23 heavy (non-hydrogen) atoms. The van der Waals surface area contributed by atoms with Gasteiger partial charge in [0.1, 0.15) is 17.2 Å². The number of rotatable bonds is 2. The summed E-state index contributed by atoms with van der Waals surface area (Å²) in [4.78, 5) is 19.8. The van der Waals surface area contributed by atoms with Gasteiger partial charge < -0.3 is 14.8 Å².